The molecule has 0 fully saturated rings. The van der Waals surface area contributed by atoms with E-state index in [-0.39, 0.29) is 5.41 Å². The molecular formula is C57H39NO3. The van der Waals surface area contributed by atoms with Crippen LogP contribution < -0.4 is 4.90 Å². The average molecular weight is 786 g/mol. The molecule has 3 aromatic heterocycles. The summed E-state index contributed by atoms with van der Waals surface area (Å²) < 4.78 is 20.0. The number of furan rings is 3. The minimum atomic E-state index is -0.149. The van der Waals surface area contributed by atoms with Gasteiger partial charge in [0.05, 0.1) is 0 Å². The monoisotopic (exact) mass is 785 g/mol. The van der Waals surface area contributed by atoms with Gasteiger partial charge in [-0.3, -0.25) is 0 Å². The second kappa shape index (κ2) is 12.7. The second-order valence-corrected chi connectivity index (χ2v) is 17.1. The molecule has 2 aliphatic carbocycles. The van der Waals surface area contributed by atoms with Gasteiger partial charge in [0.15, 0.2) is 0 Å². The van der Waals surface area contributed by atoms with E-state index in [0.717, 1.165) is 118 Å². The number of hydrogen-bond acceptors (Lipinski definition) is 4. The van der Waals surface area contributed by atoms with Crippen LogP contribution in [0, 0.1) is 0 Å². The summed E-state index contributed by atoms with van der Waals surface area (Å²) in [7, 11) is 0. The van der Waals surface area contributed by atoms with Crippen LogP contribution in [0.5, 0.6) is 0 Å². The summed E-state index contributed by atoms with van der Waals surface area (Å²) >= 11 is 0. The van der Waals surface area contributed by atoms with E-state index in [0.29, 0.717) is 0 Å². The Labute approximate surface area is 352 Å². The van der Waals surface area contributed by atoms with Crippen molar-refractivity contribution in [3.05, 3.63) is 192 Å². The third-order valence-electron chi connectivity index (χ3n) is 13.3. The fourth-order valence-electron chi connectivity index (χ4n) is 10.4. The normalized spacial score (nSPS) is 14.0. The summed E-state index contributed by atoms with van der Waals surface area (Å²) in [6, 6.07) is 58.9. The number of fused-ring (bicyclic) bond motifs is 12. The summed E-state index contributed by atoms with van der Waals surface area (Å²) in [5.74, 6) is 1.04. The van der Waals surface area contributed by atoms with Gasteiger partial charge in [-0.05, 0) is 94.4 Å². The molecule has 0 saturated carbocycles. The van der Waals surface area contributed by atoms with Gasteiger partial charge in [0, 0.05) is 72.5 Å². The van der Waals surface area contributed by atoms with Crippen molar-refractivity contribution in [3.8, 4) is 33.4 Å². The van der Waals surface area contributed by atoms with E-state index in [2.05, 4.69) is 183 Å². The van der Waals surface area contributed by atoms with Crippen LogP contribution in [0.3, 0.4) is 0 Å². The van der Waals surface area contributed by atoms with Crippen molar-refractivity contribution in [1.82, 2.24) is 0 Å². The standard InChI is InChI=1S/C57H39NO3/c1-57(2)47-20-9-6-15-40(47)41-29-27-38(32-48(41)57)58(36-25-23-34(24-26-36)39-18-12-19-43-42-16-7-10-21-49(42)60-55(39)43)37-28-30-51-45(31-37)46-33-52-54(44-17-8-11-22-50(44)59-52)53(56(46)61-51)35-13-4-3-5-14-35/h3-10,12-21,23-33H,11,22H2,1-2H3. The maximum Gasteiger partial charge on any atom is 0.144 e. The molecule has 2 aliphatic rings. The number of anilines is 3. The molecule has 0 unspecified atom stereocenters. The lowest BCUT2D eigenvalue weighted by Crippen LogP contribution is -2.16. The molecule has 4 nitrogen and oxygen atoms in total. The molecule has 0 aliphatic heterocycles. The van der Waals surface area contributed by atoms with Gasteiger partial charge in [-0.2, -0.15) is 0 Å². The summed E-state index contributed by atoms with van der Waals surface area (Å²) in [4.78, 5) is 2.39. The van der Waals surface area contributed by atoms with Crippen LogP contribution >= 0.6 is 0 Å². The van der Waals surface area contributed by atoms with Crippen LogP contribution in [0.25, 0.3) is 94.3 Å². The lowest BCUT2D eigenvalue weighted by molar-refractivity contribution is 0.546. The largest absolute Gasteiger partial charge is 0.460 e. The summed E-state index contributed by atoms with van der Waals surface area (Å²) in [5, 5.41) is 5.46. The van der Waals surface area contributed by atoms with Gasteiger partial charge >= 0.3 is 0 Å². The lowest BCUT2D eigenvalue weighted by Gasteiger charge is -2.28. The van der Waals surface area contributed by atoms with Crippen molar-refractivity contribution < 1.29 is 13.3 Å². The molecule has 0 saturated heterocycles. The summed E-state index contributed by atoms with van der Waals surface area (Å²) in [6.07, 6.45) is 6.35. The highest BCUT2D eigenvalue weighted by Gasteiger charge is 2.36. The number of nitrogens with zero attached hydrogens (tertiary/aromatic N) is 1. The Bertz CT molecular complexity index is 3610. The fourth-order valence-corrected chi connectivity index (χ4v) is 10.4. The molecule has 0 spiro atoms. The predicted octanol–water partition coefficient (Wildman–Crippen LogP) is 16.3. The zero-order valence-corrected chi connectivity index (χ0v) is 33.8. The van der Waals surface area contributed by atoms with Crippen LogP contribution in [-0.2, 0) is 11.8 Å². The Kier molecular flexibility index (Phi) is 7.16. The fraction of sp³-hybridized carbons (Fsp3) is 0.0877. The SMILES string of the molecule is CC1(C)c2ccccc2-c2ccc(N(c3ccc(-c4cccc5c4oc4ccccc45)cc3)c3ccc4oc5c(-c6ccccc6)c6c7c(oc6cc5c4c3)CCC=C7)cc21. The number of hydrogen-bond donors (Lipinski definition) is 0. The van der Waals surface area contributed by atoms with Crippen molar-refractivity contribution in [2.75, 3.05) is 4.90 Å². The minimum absolute atomic E-state index is 0.149. The third kappa shape index (κ3) is 4.99. The molecule has 61 heavy (non-hydrogen) atoms. The number of para-hydroxylation sites is 2. The Balaban J connectivity index is 1.01. The molecule has 11 aromatic rings. The van der Waals surface area contributed by atoms with Gasteiger partial charge < -0.3 is 18.2 Å². The lowest BCUT2D eigenvalue weighted by atomic mass is 9.82. The smallest absolute Gasteiger partial charge is 0.144 e. The van der Waals surface area contributed by atoms with E-state index in [1.807, 2.05) is 12.1 Å². The highest BCUT2D eigenvalue weighted by Crippen LogP contribution is 2.52. The number of benzene rings is 8. The van der Waals surface area contributed by atoms with E-state index in [9.17, 15) is 0 Å². The zero-order valence-electron chi connectivity index (χ0n) is 33.8. The van der Waals surface area contributed by atoms with E-state index in [1.54, 1.807) is 0 Å². The molecule has 4 heteroatoms. The number of allylic oxidation sites excluding steroid dienone is 1. The third-order valence-corrected chi connectivity index (χ3v) is 13.3. The van der Waals surface area contributed by atoms with Crippen LogP contribution in [0.4, 0.5) is 17.1 Å². The van der Waals surface area contributed by atoms with Crippen molar-refractivity contribution in [3.63, 3.8) is 0 Å². The first-order chi connectivity index (χ1) is 30.0. The average Bonchev–Trinajstić information content (AvgIpc) is 4.04. The Hall–Kier alpha value is -7.56. The van der Waals surface area contributed by atoms with Gasteiger partial charge in [-0.25, -0.2) is 0 Å². The van der Waals surface area contributed by atoms with Crippen LogP contribution in [0.1, 0.15) is 42.7 Å². The highest BCUT2D eigenvalue weighted by molar-refractivity contribution is 6.20. The van der Waals surface area contributed by atoms with Gasteiger partial charge in [0.2, 0.25) is 0 Å². The van der Waals surface area contributed by atoms with Crippen molar-refractivity contribution in [1.29, 1.82) is 0 Å². The molecule has 3 heterocycles. The molecule has 0 N–H and O–H groups in total. The quantitative estimate of drug-likeness (QED) is 0.174. The number of aryl methyl sites for hydroxylation is 1. The Morgan fingerprint density at radius 1 is 0.475 bits per heavy atom. The molecular weight excluding hydrogens is 747 g/mol. The van der Waals surface area contributed by atoms with E-state index in [4.69, 9.17) is 13.3 Å². The minimum Gasteiger partial charge on any atom is -0.460 e. The maximum absolute atomic E-state index is 6.90. The molecule has 13 rings (SSSR count). The topological polar surface area (TPSA) is 42.7 Å². The van der Waals surface area contributed by atoms with Gasteiger partial charge in [0.1, 0.15) is 33.7 Å². The van der Waals surface area contributed by atoms with Crippen molar-refractivity contribution in [2.45, 2.75) is 32.1 Å². The maximum atomic E-state index is 6.90. The highest BCUT2D eigenvalue weighted by atomic mass is 16.3. The molecule has 290 valence electrons. The molecule has 0 atom stereocenters. The Morgan fingerprint density at radius 2 is 1.18 bits per heavy atom. The van der Waals surface area contributed by atoms with Crippen LogP contribution in [0.15, 0.2) is 183 Å². The predicted molar refractivity (Wildman–Crippen MR) is 251 cm³/mol. The van der Waals surface area contributed by atoms with E-state index >= 15 is 0 Å². The first kappa shape index (κ1) is 34.3. The summed E-state index contributed by atoms with van der Waals surface area (Å²) in [5.41, 5.74) is 18.3. The van der Waals surface area contributed by atoms with Crippen LogP contribution in [0.2, 0.25) is 0 Å². The molecule has 0 radical (unpaired) electrons. The van der Waals surface area contributed by atoms with Crippen molar-refractivity contribution >= 4 is 78.0 Å². The zero-order chi connectivity index (χ0) is 40.4. The molecule has 0 bridgehead atoms. The first-order valence-corrected chi connectivity index (χ1v) is 21.2. The van der Waals surface area contributed by atoms with Gasteiger partial charge in [0.25, 0.3) is 0 Å². The second-order valence-electron chi connectivity index (χ2n) is 17.1. The van der Waals surface area contributed by atoms with Gasteiger partial charge in [-0.1, -0.05) is 135 Å². The summed E-state index contributed by atoms with van der Waals surface area (Å²) in [6.45, 7) is 4.69. The molecule has 0 amide bonds. The van der Waals surface area contributed by atoms with E-state index in [1.165, 1.54) is 22.3 Å². The Morgan fingerprint density at radius 3 is 2.08 bits per heavy atom. The molecule has 8 aromatic carbocycles. The first-order valence-electron chi connectivity index (χ1n) is 21.2. The van der Waals surface area contributed by atoms with E-state index < -0.39 is 0 Å². The van der Waals surface area contributed by atoms with Gasteiger partial charge in [-0.15, -0.1) is 0 Å². The number of rotatable bonds is 5. The van der Waals surface area contributed by atoms with Crippen molar-refractivity contribution in [2.24, 2.45) is 0 Å². The van der Waals surface area contributed by atoms with Crippen LogP contribution in [-0.4, -0.2) is 0 Å².